The van der Waals surface area contributed by atoms with E-state index in [-0.39, 0.29) is 52.8 Å². The number of piperazine rings is 1. The molecule has 0 radical (unpaired) electrons. The molecular weight excluding hydrogens is 1030 g/mol. The first-order chi connectivity index (χ1) is 38.7. The molecule has 6 atom stereocenters. The number of likely N-dealkylation sites (N-methyl/N-ethyl adjacent to an activating group) is 1. The maximum atomic E-state index is 16.2. The molecule has 422 valence electrons. The Balaban J connectivity index is 0.000000176. The Morgan fingerprint density at radius 2 is 1.68 bits per heavy atom. The van der Waals surface area contributed by atoms with Gasteiger partial charge in [0, 0.05) is 75.7 Å². The summed E-state index contributed by atoms with van der Waals surface area (Å²) in [6.07, 6.45) is 9.74. The number of fused-ring (bicyclic) bond motifs is 4. The van der Waals surface area contributed by atoms with E-state index in [1.807, 2.05) is 57.5 Å². The Morgan fingerprint density at radius 1 is 0.912 bits per heavy atom. The fourth-order valence-corrected chi connectivity index (χ4v) is 13.5. The lowest BCUT2D eigenvalue weighted by Gasteiger charge is -2.34. The number of carbonyl (C=O) groups excluding carboxylic acids is 2. The number of benzene rings is 3. The van der Waals surface area contributed by atoms with Crippen LogP contribution in [0, 0.1) is 18.7 Å². The van der Waals surface area contributed by atoms with Gasteiger partial charge < -0.3 is 49.3 Å². The molecule has 6 unspecified atom stereocenters. The summed E-state index contributed by atoms with van der Waals surface area (Å²) in [6, 6.07) is 19.6. The molecule has 4 aromatic heterocycles. The van der Waals surface area contributed by atoms with Crippen molar-refractivity contribution < 1.29 is 33.1 Å². The Morgan fingerprint density at radius 3 is 2.36 bits per heavy atom. The van der Waals surface area contributed by atoms with Crippen molar-refractivity contribution in [1.82, 2.24) is 45.5 Å². The number of ether oxygens (including phenoxy) is 2. The number of nitrogens with one attached hydrogen (secondary N) is 2. The van der Waals surface area contributed by atoms with Crippen molar-refractivity contribution >= 4 is 56.5 Å². The number of piperidine rings is 1. The van der Waals surface area contributed by atoms with Crippen molar-refractivity contribution in [2.24, 2.45) is 5.92 Å². The van der Waals surface area contributed by atoms with Gasteiger partial charge in [-0.2, -0.15) is 9.97 Å². The number of phenols is 1. The van der Waals surface area contributed by atoms with Crippen LogP contribution >= 0.6 is 11.3 Å². The first-order valence-electron chi connectivity index (χ1n) is 28.6. The first kappa shape index (κ1) is 55.1. The molecule has 3 aromatic carbocycles. The molecule has 2 bridgehead atoms. The summed E-state index contributed by atoms with van der Waals surface area (Å²) in [5.41, 5.74) is 6.95. The zero-order valence-electron chi connectivity index (χ0n) is 47.0. The SMILES string of the molecule is CCc1cccc2cc(O)cc(-c3ncc4c(N5CC6CCC(C5)N6)nc(OC)nc4c3F)c12.Cc1ncsc1-c1ccc(C(C)NC(=O)C2CCCN2C(=O)C(c2cc(N3CCC(OC4CCN(C)C4)CC3)no2)C(C)C)cc1. The van der Waals surface area contributed by atoms with Gasteiger partial charge in [-0.1, -0.05) is 68.4 Å². The third-order valence-electron chi connectivity index (χ3n) is 16.9. The molecule has 5 aliphatic heterocycles. The van der Waals surface area contributed by atoms with E-state index in [0.29, 0.717) is 53.7 Å². The van der Waals surface area contributed by atoms with Gasteiger partial charge in [0.25, 0.3) is 0 Å². The molecular formula is C61H74FN11O6S. The number of pyridine rings is 1. The molecule has 19 heteroatoms. The lowest BCUT2D eigenvalue weighted by Crippen LogP contribution is -2.51. The third-order valence-corrected chi connectivity index (χ3v) is 17.9. The van der Waals surface area contributed by atoms with Gasteiger partial charge in [-0.15, -0.1) is 11.3 Å². The zero-order chi connectivity index (χ0) is 55.8. The normalized spacial score (nSPS) is 21.3. The molecule has 5 fully saturated rings. The summed E-state index contributed by atoms with van der Waals surface area (Å²) in [4.78, 5) is 55.2. The van der Waals surface area contributed by atoms with Crippen molar-refractivity contribution in [3.63, 3.8) is 0 Å². The van der Waals surface area contributed by atoms with Gasteiger partial charge >= 0.3 is 6.01 Å². The Hall–Kier alpha value is -6.80. The number of hydrogen-bond donors (Lipinski definition) is 3. The van der Waals surface area contributed by atoms with Crippen LogP contribution < -0.4 is 25.2 Å². The van der Waals surface area contributed by atoms with Crippen LogP contribution in [0.25, 0.3) is 43.4 Å². The Kier molecular flexibility index (Phi) is 16.3. The number of anilines is 2. The molecule has 0 saturated carbocycles. The van der Waals surface area contributed by atoms with E-state index in [0.717, 1.165) is 128 Å². The molecule has 0 spiro atoms. The number of halogens is 1. The number of phenolic OH excluding ortho intramolecular Hbond substituents is 1. The molecule has 17 nitrogen and oxygen atoms in total. The summed E-state index contributed by atoms with van der Waals surface area (Å²) in [5, 5.41) is 23.8. The number of aromatic nitrogens is 5. The van der Waals surface area contributed by atoms with Crippen molar-refractivity contribution in [3.05, 3.63) is 101 Å². The number of aryl methyl sites for hydroxylation is 2. The minimum Gasteiger partial charge on any atom is -0.508 e. The van der Waals surface area contributed by atoms with E-state index in [4.69, 9.17) is 14.0 Å². The number of carbonyl (C=O) groups is 2. The van der Waals surface area contributed by atoms with Crippen LogP contribution in [-0.2, 0) is 20.7 Å². The summed E-state index contributed by atoms with van der Waals surface area (Å²) >= 11 is 1.63. The molecule has 80 heavy (non-hydrogen) atoms. The van der Waals surface area contributed by atoms with Crippen LogP contribution in [0.5, 0.6) is 11.8 Å². The van der Waals surface area contributed by atoms with E-state index in [9.17, 15) is 14.7 Å². The molecule has 3 N–H and O–H groups in total. The molecule has 5 saturated heterocycles. The highest BCUT2D eigenvalue weighted by Gasteiger charge is 2.41. The van der Waals surface area contributed by atoms with E-state index in [1.165, 1.54) is 7.11 Å². The second kappa shape index (κ2) is 23.7. The topological polar surface area (TPSA) is 187 Å². The van der Waals surface area contributed by atoms with Crippen LogP contribution in [0.1, 0.15) is 107 Å². The minimum atomic E-state index is -0.546. The summed E-state index contributed by atoms with van der Waals surface area (Å²) in [5.74, 6) is 0.803. The number of methoxy groups -OCH3 is 1. The van der Waals surface area contributed by atoms with Gasteiger partial charge in [-0.3, -0.25) is 14.6 Å². The van der Waals surface area contributed by atoms with Crippen molar-refractivity contribution in [3.8, 4) is 33.5 Å². The number of hydrogen-bond acceptors (Lipinski definition) is 16. The van der Waals surface area contributed by atoms with E-state index >= 15 is 4.39 Å². The van der Waals surface area contributed by atoms with Crippen LogP contribution in [-0.4, -0.2) is 142 Å². The quantitative estimate of drug-likeness (QED) is 0.0934. The molecule has 7 aromatic rings. The van der Waals surface area contributed by atoms with E-state index in [1.54, 1.807) is 34.6 Å². The lowest BCUT2D eigenvalue weighted by molar-refractivity contribution is -0.141. The molecule has 12 rings (SSSR count). The fraction of sp³-hybridized carbons (Fsp3) is 0.492. The number of amides is 2. The minimum absolute atomic E-state index is 0.0130. The maximum Gasteiger partial charge on any atom is 0.318 e. The van der Waals surface area contributed by atoms with Crippen molar-refractivity contribution in [1.29, 1.82) is 0 Å². The average Bonchev–Trinajstić information content (AvgIpc) is 4.39. The number of aromatic hydroxyl groups is 1. The van der Waals surface area contributed by atoms with E-state index in [2.05, 4.69) is 88.7 Å². The third kappa shape index (κ3) is 11.4. The van der Waals surface area contributed by atoms with Gasteiger partial charge in [0.05, 0.1) is 46.8 Å². The second-order valence-electron chi connectivity index (χ2n) is 22.7. The maximum absolute atomic E-state index is 16.2. The van der Waals surface area contributed by atoms with Gasteiger partial charge in [0.2, 0.25) is 11.8 Å². The van der Waals surface area contributed by atoms with Crippen LogP contribution in [0.2, 0.25) is 0 Å². The van der Waals surface area contributed by atoms with E-state index < -0.39 is 17.8 Å². The number of nitrogens with zero attached hydrogens (tertiary/aromatic N) is 9. The smallest absolute Gasteiger partial charge is 0.318 e. The first-order valence-corrected chi connectivity index (χ1v) is 29.4. The highest BCUT2D eigenvalue weighted by Crippen LogP contribution is 2.40. The predicted molar refractivity (Wildman–Crippen MR) is 310 cm³/mol. The fourth-order valence-electron chi connectivity index (χ4n) is 12.7. The number of thiazole rings is 1. The molecule has 2 amide bonds. The summed E-state index contributed by atoms with van der Waals surface area (Å²) in [7, 11) is 3.64. The van der Waals surface area contributed by atoms with Crippen LogP contribution in [0.4, 0.5) is 16.0 Å². The van der Waals surface area contributed by atoms with Crippen molar-refractivity contribution in [2.45, 2.75) is 128 Å². The standard InChI is InChI=1S/C35H48N6O4S.C26H26FN5O2/c1-22(2)32(30-19-31(38-45-30)40-17-13-27(14-18-40)44-28-12-16-39(5)20-28)35(43)41-15-6-7-29(41)34(42)37-23(3)25-8-10-26(11-9-25)33-24(4)36-21-46-33;1-3-14-5-4-6-15-9-18(33)10-19(21(14)15)23-22(27)24-20(11-28-23)25(31-26(30-24)34-2)32-12-16-7-8-17(13-32)29-16/h8-11,19,21-23,27-29,32H,6-7,12-18,20H2,1-5H3,(H,37,42);4-6,9-11,16-17,29,33H,3,7-8,12-13H2,1-2H3. The largest absolute Gasteiger partial charge is 0.508 e. The summed E-state index contributed by atoms with van der Waals surface area (Å²) < 4.78 is 33.7. The lowest BCUT2D eigenvalue weighted by atomic mass is 9.91. The van der Waals surface area contributed by atoms with Crippen molar-refractivity contribution in [2.75, 3.05) is 69.8 Å². The van der Waals surface area contributed by atoms with Crippen LogP contribution in [0.3, 0.4) is 0 Å². The van der Waals surface area contributed by atoms with Gasteiger partial charge in [0.1, 0.15) is 34.7 Å². The highest BCUT2D eigenvalue weighted by molar-refractivity contribution is 7.13. The van der Waals surface area contributed by atoms with Crippen LogP contribution in [0.15, 0.2) is 76.9 Å². The van der Waals surface area contributed by atoms with Gasteiger partial charge in [-0.25, -0.2) is 9.37 Å². The van der Waals surface area contributed by atoms with Gasteiger partial charge in [-0.05, 0) is 118 Å². The average molecular weight is 1110 g/mol. The summed E-state index contributed by atoms with van der Waals surface area (Å²) in [6.45, 7) is 16.1. The zero-order valence-corrected chi connectivity index (χ0v) is 47.8. The Bertz CT molecular complexity index is 3330. The Labute approximate surface area is 471 Å². The predicted octanol–water partition coefficient (Wildman–Crippen LogP) is 9.61. The molecule has 5 aliphatic rings. The monoisotopic (exact) mass is 1110 g/mol. The van der Waals surface area contributed by atoms with Gasteiger partial charge in [0.15, 0.2) is 17.4 Å². The number of rotatable bonds is 14. The molecule has 9 heterocycles. The highest BCUT2D eigenvalue weighted by atomic mass is 32.1. The molecule has 0 aliphatic carbocycles. The number of likely N-dealkylation sites (tertiary alicyclic amines) is 2. The second-order valence-corrected chi connectivity index (χ2v) is 23.6.